The van der Waals surface area contributed by atoms with E-state index < -0.39 is 0 Å². The molecule has 0 radical (unpaired) electrons. The standard InChI is InChI=1S/C15H22N2O2/c1-12-5-3-4-6-13(12)9-15(18)17(2)10-14-11-19-8-7-16-14/h3-6,14,16H,7-11H2,1-2H3. The predicted molar refractivity (Wildman–Crippen MR) is 75.1 cm³/mol. The summed E-state index contributed by atoms with van der Waals surface area (Å²) < 4.78 is 5.40. The summed E-state index contributed by atoms with van der Waals surface area (Å²) in [7, 11) is 1.86. The van der Waals surface area contributed by atoms with Crippen LogP contribution in [0.15, 0.2) is 24.3 Å². The third-order valence-corrected chi connectivity index (χ3v) is 3.52. The largest absolute Gasteiger partial charge is 0.378 e. The van der Waals surface area contributed by atoms with E-state index in [0.29, 0.717) is 19.6 Å². The van der Waals surface area contributed by atoms with Gasteiger partial charge in [0.15, 0.2) is 0 Å². The Balaban J connectivity index is 1.87. The van der Waals surface area contributed by atoms with Gasteiger partial charge in [-0.25, -0.2) is 0 Å². The smallest absolute Gasteiger partial charge is 0.226 e. The summed E-state index contributed by atoms with van der Waals surface area (Å²) in [6.07, 6.45) is 0.469. The number of carbonyl (C=O) groups excluding carboxylic acids is 1. The molecule has 0 saturated carbocycles. The van der Waals surface area contributed by atoms with Crippen molar-refractivity contribution in [1.82, 2.24) is 10.2 Å². The Kier molecular flexibility index (Phi) is 4.93. The Morgan fingerprint density at radius 3 is 2.95 bits per heavy atom. The molecule has 4 heteroatoms. The Morgan fingerprint density at radius 2 is 2.26 bits per heavy atom. The number of amides is 1. The van der Waals surface area contributed by atoms with Gasteiger partial charge < -0.3 is 15.0 Å². The lowest BCUT2D eigenvalue weighted by molar-refractivity contribution is -0.129. The number of ether oxygens (including phenoxy) is 1. The molecule has 0 bridgehead atoms. The van der Waals surface area contributed by atoms with Gasteiger partial charge in [-0.3, -0.25) is 4.79 Å². The zero-order valence-electron chi connectivity index (χ0n) is 11.7. The Bertz CT molecular complexity index is 428. The van der Waals surface area contributed by atoms with Gasteiger partial charge in [0, 0.05) is 26.2 Å². The summed E-state index contributed by atoms with van der Waals surface area (Å²) in [4.78, 5) is 14.0. The molecule has 4 nitrogen and oxygen atoms in total. The van der Waals surface area contributed by atoms with Gasteiger partial charge in [0.05, 0.1) is 19.6 Å². The third kappa shape index (κ3) is 4.04. The molecule has 1 aromatic carbocycles. The van der Waals surface area contributed by atoms with Crippen molar-refractivity contribution in [2.45, 2.75) is 19.4 Å². The number of rotatable bonds is 4. The van der Waals surface area contributed by atoms with Crippen LogP contribution < -0.4 is 5.32 Å². The summed E-state index contributed by atoms with van der Waals surface area (Å²) in [5, 5.41) is 3.36. The van der Waals surface area contributed by atoms with Gasteiger partial charge in [0.1, 0.15) is 0 Å². The van der Waals surface area contributed by atoms with Crippen molar-refractivity contribution in [1.29, 1.82) is 0 Å². The first kappa shape index (κ1) is 14.0. The molecule has 1 aliphatic rings. The van der Waals surface area contributed by atoms with Crippen molar-refractivity contribution in [2.24, 2.45) is 0 Å². The minimum Gasteiger partial charge on any atom is -0.378 e. The molecule has 1 N–H and O–H groups in total. The summed E-state index contributed by atoms with van der Waals surface area (Å²) in [5.74, 6) is 0.154. The second-order valence-electron chi connectivity index (χ2n) is 5.10. The fourth-order valence-corrected chi connectivity index (χ4v) is 2.28. The summed E-state index contributed by atoms with van der Waals surface area (Å²) in [6.45, 7) is 5.05. The van der Waals surface area contributed by atoms with Crippen LogP contribution in [0, 0.1) is 6.92 Å². The van der Waals surface area contributed by atoms with E-state index >= 15 is 0 Å². The molecule has 1 saturated heterocycles. The third-order valence-electron chi connectivity index (χ3n) is 3.52. The predicted octanol–water partition coefficient (Wildman–Crippen LogP) is 0.984. The van der Waals surface area contributed by atoms with Crippen LogP contribution in [0.1, 0.15) is 11.1 Å². The van der Waals surface area contributed by atoms with E-state index in [0.717, 1.165) is 18.7 Å². The van der Waals surface area contributed by atoms with Crippen LogP contribution in [0.3, 0.4) is 0 Å². The lowest BCUT2D eigenvalue weighted by Gasteiger charge is -2.28. The van der Waals surface area contributed by atoms with Crippen LogP contribution in [0.25, 0.3) is 0 Å². The highest BCUT2D eigenvalue weighted by molar-refractivity contribution is 5.78. The van der Waals surface area contributed by atoms with Crippen molar-refractivity contribution in [2.75, 3.05) is 33.4 Å². The van der Waals surface area contributed by atoms with Gasteiger partial charge >= 0.3 is 0 Å². The van der Waals surface area contributed by atoms with E-state index in [9.17, 15) is 4.79 Å². The van der Waals surface area contributed by atoms with Crippen LogP contribution in [-0.2, 0) is 16.0 Å². The van der Waals surface area contributed by atoms with E-state index in [1.54, 1.807) is 4.90 Å². The van der Waals surface area contributed by atoms with Crippen LogP contribution >= 0.6 is 0 Å². The highest BCUT2D eigenvalue weighted by atomic mass is 16.5. The van der Waals surface area contributed by atoms with Crippen molar-refractivity contribution >= 4 is 5.91 Å². The second-order valence-corrected chi connectivity index (χ2v) is 5.10. The van der Waals surface area contributed by atoms with Crippen molar-refractivity contribution in [3.8, 4) is 0 Å². The van der Waals surface area contributed by atoms with Gasteiger partial charge in [0.2, 0.25) is 5.91 Å². The van der Waals surface area contributed by atoms with Crippen LogP contribution in [0.4, 0.5) is 0 Å². The lowest BCUT2D eigenvalue weighted by Crippen LogP contribution is -2.49. The second kappa shape index (κ2) is 6.68. The molecule has 1 atom stereocenters. The lowest BCUT2D eigenvalue weighted by atomic mass is 10.1. The molecule has 19 heavy (non-hydrogen) atoms. The minimum atomic E-state index is 0.154. The van der Waals surface area contributed by atoms with Crippen molar-refractivity contribution < 1.29 is 9.53 Å². The first-order valence-corrected chi connectivity index (χ1v) is 6.76. The zero-order chi connectivity index (χ0) is 13.7. The number of morpholine rings is 1. The molecule has 1 unspecified atom stereocenters. The summed E-state index contributed by atoms with van der Waals surface area (Å²) in [6, 6.07) is 8.28. The number of carbonyl (C=O) groups is 1. The van der Waals surface area contributed by atoms with Gasteiger partial charge in [-0.05, 0) is 18.1 Å². The van der Waals surface area contributed by atoms with Crippen LogP contribution in [0.5, 0.6) is 0 Å². The van der Waals surface area contributed by atoms with Crippen LogP contribution in [0.2, 0.25) is 0 Å². The Morgan fingerprint density at radius 1 is 1.47 bits per heavy atom. The molecule has 0 aliphatic carbocycles. The number of nitrogens with one attached hydrogen (secondary N) is 1. The molecular formula is C15H22N2O2. The molecule has 0 spiro atoms. The van der Waals surface area contributed by atoms with E-state index in [2.05, 4.69) is 5.32 Å². The average Bonchev–Trinajstić information content (AvgIpc) is 2.42. The Labute approximate surface area is 114 Å². The highest BCUT2D eigenvalue weighted by Crippen LogP contribution is 2.09. The SMILES string of the molecule is Cc1ccccc1CC(=O)N(C)CC1COCCN1. The number of benzene rings is 1. The summed E-state index contributed by atoms with van der Waals surface area (Å²) >= 11 is 0. The maximum atomic E-state index is 12.2. The zero-order valence-corrected chi connectivity index (χ0v) is 11.7. The average molecular weight is 262 g/mol. The fourth-order valence-electron chi connectivity index (χ4n) is 2.28. The maximum Gasteiger partial charge on any atom is 0.226 e. The number of likely N-dealkylation sites (N-methyl/N-ethyl adjacent to an activating group) is 1. The topological polar surface area (TPSA) is 41.6 Å². The van der Waals surface area contributed by atoms with Crippen LogP contribution in [-0.4, -0.2) is 50.2 Å². The Hall–Kier alpha value is -1.39. The number of nitrogens with zero attached hydrogens (tertiary/aromatic N) is 1. The van der Waals surface area contributed by atoms with E-state index in [1.807, 2.05) is 38.2 Å². The highest BCUT2D eigenvalue weighted by Gasteiger charge is 2.18. The maximum absolute atomic E-state index is 12.2. The normalized spacial score (nSPS) is 19.2. The molecule has 1 amide bonds. The number of aryl methyl sites for hydroxylation is 1. The monoisotopic (exact) mass is 262 g/mol. The summed E-state index contributed by atoms with van der Waals surface area (Å²) in [5.41, 5.74) is 2.27. The van der Waals surface area contributed by atoms with E-state index in [1.165, 1.54) is 5.56 Å². The molecule has 1 aliphatic heterocycles. The minimum absolute atomic E-state index is 0.154. The van der Waals surface area contributed by atoms with Gasteiger partial charge in [-0.15, -0.1) is 0 Å². The number of hydrogen-bond acceptors (Lipinski definition) is 3. The van der Waals surface area contributed by atoms with E-state index in [-0.39, 0.29) is 11.9 Å². The first-order valence-electron chi connectivity index (χ1n) is 6.76. The molecular weight excluding hydrogens is 240 g/mol. The molecule has 0 aromatic heterocycles. The molecule has 1 heterocycles. The fraction of sp³-hybridized carbons (Fsp3) is 0.533. The van der Waals surface area contributed by atoms with Gasteiger partial charge in [0.25, 0.3) is 0 Å². The van der Waals surface area contributed by atoms with Crippen molar-refractivity contribution in [3.05, 3.63) is 35.4 Å². The molecule has 1 fully saturated rings. The molecule has 1 aromatic rings. The first-order chi connectivity index (χ1) is 9.16. The quantitative estimate of drug-likeness (QED) is 0.879. The van der Waals surface area contributed by atoms with Gasteiger partial charge in [-0.2, -0.15) is 0 Å². The van der Waals surface area contributed by atoms with E-state index in [4.69, 9.17) is 4.74 Å². The molecule has 2 rings (SSSR count). The van der Waals surface area contributed by atoms with Crippen molar-refractivity contribution in [3.63, 3.8) is 0 Å². The molecule has 104 valence electrons. The number of hydrogen-bond donors (Lipinski definition) is 1. The van der Waals surface area contributed by atoms with Gasteiger partial charge in [-0.1, -0.05) is 24.3 Å².